The summed E-state index contributed by atoms with van der Waals surface area (Å²) in [7, 11) is 1.43. The Labute approximate surface area is 214 Å². The lowest BCUT2D eigenvalue weighted by Crippen LogP contribution is -2.50. The van der Waals surface area contributed by atoms with E-state index in [2.05, 4.69) is 4.98 Å². The molecule has 0 saturated heterocycles. The Morgan fingerprint density at radius 3 is 2.53 bits per heavy atom. The quantitative estimate of drug-likeness (QED) is 0.206. The van der Waals surface area contributed by atoms with Crippen molar-refractivity contribution in [2.75, 3.05) is 7.11 Å². The van der Waals surface area contributed by atoms with Crippen molar-refractivity contribution >= 4 is 32.8 Å². The molecule has 0 saturated carbocycles. The minimum absolute atomic E-state index is 0.0419. The van der Waals surface area contributed by atoms with Gasteiger partial charge in [-0.25, -0.2) is 4.79 Å². The number of fused-ring (bicyclic) bond motifs is 5. The standard InChI is InChI=1S/C28H23NO9/c1-28(2)27(34)26(21-18(38-28)8-4-12-5-9-19(32)36-24(12)21)37-25-16(30)7-6-14-22(25)29-15-10-13(35-3)11-17(31)20(15)23(14)33/h4-11,26-27,30-31,34H,1-3H3,(H,29,33). The van der Waals surface area contributed by atoms with Gasteiger partial charge in [0.2, 0.25) is 5.43 Å². The molecule has 3 aromatic carbocycles. The van der Waals surface area contributed by atoms with Gasteiger partial charge in [0.15, 0.2) is 17.6 Å². The smallest absolute Gasteiger partial charge is 0.336 e. The van der Waals surface area contributed by atoms with Crippen molar-refractivity contribution in [3.05, 3.63) is 74.7 Å². The van der Waals surface area contributed by atoms with E-state index in [0.29, 0.717) is 16.9 Å². The molecular weight excluding hydrogens is 494 g/mol. The molecule has 38 heavy (non-hydrogen) atoms. The van der Waals surface area contributed by atoms with Gasteiger partial charge in [-0.05, 0) is 44.2 Å². The van der Waals surface area contributed by atoms with Crippen molar-refractivity contribution < 1.29 is 33.9 Å². The van der Waals surface area contributed by atoms with Crippen LogP contribution in [0, 0.1) is 0 Å². The van der Waals surface area contributed by atoms with Gasteiger partial charge in [-0.15, -0.1) is 0 Å². The van der Waals surface area contributed by atoms with Gasteiger partial charge in [-0.1, -0.05) is 0 Å². The molecule has 0 amide bonds. The van der Waals surface area contributed by atoms with Crippen LogP contribution in [0.3, 0.4) is 0 Å². The second-order valence-corrected chi connectivity index (χ2v) is 9.70. The number of H-pyrrole nitrogens is 1. The SMILES string of the molecule is COc1cc(O)c2c(=O)c3ccc(O)c(OC4c5c(ccc6ccc(=O)oc56)OC(C)(C)C4O)c3[nH]c2c1. The molecule has 2 aromatic heterocycles. The van der Waals surface area contributed by atoms with Crippen LogP contribution in [0.5, 0.6) is 28.7 Å². The fourth-order valence-electron chi connectivity index (χ4n) is 4.94. The van der Waals surface area contributed by atoms with E-state index in [1.165, 1.54) is 37.4 Å². The maximum absolute atomic E-state index is 13.4. The molecular formula is C28H23NO9. The van der Waals surface area contributed by atoms with Crippen LogP contribution in [0.15, 0.2) is 62.5 Å². The Hall–Kier alpha value is -4.70. The number of hydrogen-bond acceptors (Lipinski definition) is 9. The number of aliphatic hydroxyl groups is 1. The molecule has 6 rings (SSSR count). The molecule has 0 radical (unpaired) electrons. The molecule has 2 unspecified atom stereocenters. The number of methoxy groups -OCH3 is 1. The molecule has 0 spiro atoms. The summed E-state index contributed by atoms with van der Waals surface area (Å²) in [6.45, 7) is 3.35. The van der Waals surface area contributed by atoms with Gasteiger partial charge in [0, 0.05) is 23.6 Å². The summed E-state index contributed by atoms with van der Waals surface area (Å²) < 4.78 is 23.0. The molecule has 1 aliphatic heterocycles. The highest BCUT2D eigenvalue weighted by molar-refractivity contribution is 5.99. The molecule has 1 aliphatic rings. The molecule has 194 valence electrons. The van der Waals surface area contributed by atoms with Crippen LogP contribution in [0.1, 0.15) is 25.5 Å². The second-order valence-electron chi connectivity index (χ2n) is 9.70. The van der Waals surface area contributed by atoms with Crippen LogP contribution >= 0.6 is 0 Å². The lowest BCUT2D eigenvalue weighted by atomic mass is 9.87. The van der Waals surface area contributed by atoms with Crippen molar-refractivity contribution in [3.63, 3.8) is 0 Å². The van der Waals surface area contributed by atoms with Gasteiger partial charge < -0.3 is 38.9 Å². The van der Waals surface area contributed by atoms with E-state index in [9.17, 15) is 24.9 Å². The number of aromatic nitrogens is 1. The molecule has 0 aliphatic carbocycles. The van der Waals surface area contributed by atoms with E-state index in [-0.39, 0.29) is 50.2 Å². The zero-order chi connectivity index (χ0) is 26.9. The number of aromatic hydroxyl groups is 2. The van der Waals surface area contributed by atoms with Crippen molar-refractivity contribution in [1.82, 2.24) is 4.98 Å². The number of aromatic amines is 1. The molecule has 0 bridgehead atoms. The van der Waals surface area contributed by atoms with Crippen molar-refractivity contribution in [1.29, 1.82) is 0 Å². The van der Waals surface area contributed by atoms with Gasteiger partial charge in [-0.2, -0.15) is 0 Å². The Morgan fingerprint density at radius 2 is 1.76 bits per heavy atom. The number of phenols is 2. The first kappa shape index (κ1) is 23.7. The average Bonchev–Trinajstić information content (AvgIpc) is 2.87. The number of rotatable bonds is 3. The minimum Gasteiger partial charge on any atom is -0.507 e. The Kier molecular flexibility index (Phi) is 5.08. The molecule has 4 N–H and O–H groups in total. The molecule has 2 atom stereocenters. The third-order valence-electron chi connectivity index (χ3n) is 6.88. The topological polar surface area (TPSA) is 151 Å². The summed E-state index contributed by atoms with van der Waals surface area (Å²) in [6, 6.07) is 11.8. The monoisotopic (exact) mass is 517 g/mol. The zero-order valence-electron chi connectivity index (χ0n) is 20.6. The predicted octanol–water partition coefficient (Wildman–Crippen LogP) is 3.86. The van der Waals surface area contributed by atoms with E-state index in [4.69, 9.17) is 18.6 Å². The van der Waals surface area contributed by atoms with Crippen LogP contribution in [-0.2, 0) is 0 Å². The van der Waals surface area contributed by atoms with Crippen LogP contribution in [0.25, 0.3) is 32.8 Å². The van der Waals surface area contributed by atoms with Crippen LogP contribution in [-0.4, -0.2) is 39.1 Å². The average molecular weight is 517 g/mol. The fourth-order valence-corrected chi connectivity index (χ4v) is 4.94. The van der Waals surface area contributed by atoms with Gasteiger partial charge >= 0.3 is 5.63 Å². The third kappa shape index (κ3) is 3.45. The number of pyridine rings is 1. The number of nitrogens with one attached hydrogen (secondary N) is 1. The first-order valence-electron chi connectivity index (χ1n) is 11.8. The number of ether oxygens (including phenoxy) is 3. The Bertz CT molecular complexity index is 1890. The maximum Gasteiger partial charge on any atom is 0.336 e. The van der Waals surface area contributed by atoms with Crippen LogP contribution in [0.4, 0.5) is 0 Å². The molecule has 3 heterocycles. The van der Waals surface area contributed by atoms with E-state index in [0.717, 1.165) is 0 Å². The van der Waals surface area contributed by atoms with E-state index >= 15 is 0 Å². The van der Waals surface area contributed by atoms with E-state index in [1.54, 1.807) is 32.0 Å². The second kappa shape index (κ2) is 8.15. The van der Waals surface area contributed by atoms with Crippen molar-refractivity contribution in [2.24, 2.45) is 0 Å². The number of benzene rings is 3. The van der Waals surface area contributed by atoms with Gasteiger partial charge in [0.25, 0.3) is 0 Å². The normalized spacial score (nSPS) is 18.3. The lowest BCUT2D eigenvalue weighted by Gasteiger charge is -2.41. The first-order valence-corrected chi connectivity index (χ1v) is 11.8. The first-order chi connectivity index (χ1) is 18.1. The summed E-state index contributed by atoms with van der Waals surface area (Å²) in [5.74, 6) is -0.0497. The summed E-state index contributed by atoms with van der Waals surface area (Å²) in [4.78, 5) is 28.5. The van der Waals surface area contributed by atoms with Crippen molar-refractivity contribution in [3.8, 4) is 28.7 Å². The molecule has 10 nitrogen and oxygen atoms in total. The van der Waals surface area contributed by atoms with E-state index < -0.39 is 28.9 Å². The summed E-state index contributed by atoms with van der Waals surface area (Å²) in [5.41, 5.74) is -1.38. The predicted molar refractivity (Wildman–Crippen MR) is 139 cm³/mol. The van der Waals surface area contributed by atoms with Gasteiger partial charge in [-0.3, -0.25) is 4.79 Å². The summed E-state index contributed by atoms with van der Waals surface area (Å²) in [5, 5.41) is 33.5. The largest absolute Gasteiger partial charge is 0.507 e. The summed E-state index contributed by atoms with van der Waals surface area (Å²) in [6.07, 6.45) is -2.45. The van der Waals surface area contributed by atoms with Crippen LogP contribution < -0.4 is 25.3 Å². The Morgan fingerprint density at radius 1 is 1.00 bits per heavy atom. The number of hydrogen-bond donors (Lipinski definition) is 4. The highest BCUT2D eigenvalue weighted by Gasteiger charge is 2.46. The summed E-state index contributed by atoms with van der Waals surface area (Å²) >= 11 is 0. The van der Waals surface area contributed by atoms with Crippen LogP contribution in [0.2, 0.25) is 0 Å². The van der Waals surface area contributed by atoms with Gasteiger partial charge in [0.05, 0.1) is 34.5 Å². The third-order valence-corrected chi connectivity index (χ3v) is 6.88. The van der Waals surface area contributed by atoms with Gasteiger partial charge in [0.1, 0.15) is 34.5 Å². The number of aliphatic hydroxyl groups excluding tert-OH is 1. The number of phenolic OH excluding ortho intramolecular Hbond substituents is 2. The fraction of sp³-hybridized carbons (Fsp3) is 0.214. The highest BCUT2D eigenvalue weighted by Crippen LogP contribution is 2.47. The molecule has 0 fully saturated rings. The van der Waals surface area contributed by atoms with E-state index in [1.807, 2.05) is 0 Å². The minimum atomic E-state index is -1.28. The highest BCUT2D eigenvalue weighted by atomic mass is 16.5. The lowest BCUT2D eigenvalue weighted by molar-refractivity contribution is -0.102. The zero-order valence-corrected chi connectivity index (χ0v) is 20.6. The Balaban J connectivity index is 1.62. The van der Waals surface area contributed by atoms with Crippen molar-refractivity contribution in [2.45, 2.75) is 31.7 Å². The molecule has 10 heteroatoms. The maximum atomic E-state index is 13.4. The molecule has 5 aromatic rings.